The van der Waals surface area contributed by atoms with Crippen LogP contribution in [0.5, 0.6) is 11.5 Å². The maximum Gasteiger partial charge on any atom is 0.251 e. The lowest BCUT2D eigenvalue weighted by Gasteiger charge is -2.32. The third-order valence-corrected chi connectivity index (χ3v) is 5.28. The first-order valence-electron chi connectivity index (χ1n) is 9.28. The Hall–Kier alpha value is -2.34. The summed E-state index contributed by atoms with van der Waals surface area (Å²) in [5, 5.41) is 0. The molecular weight excluding hydrogens is 330 g/mol. The van der Waals surface area contributed by atoms with Crippen molar-refractivity contribution in [2.24, 2.45) is 0 Å². The van der Waals surface area contributed by atoms with Gasteiger partial charge in [-0.1, -0.05) is 0 Å². The van der Waals surface area contributed by atoms with E-state index in [2.05, 4.69) is 33.9 Å². The molecule has 0 unspecified atom stereocenters. The van der Waals surface area contributed by atoms with Crippen molar-refractivity contribution in [3.8, 4) is 11.5 Å². The average molecular weight is 355 g/mol. The minimum atomic E-state index is -0.0539. The number of nitrogens with zero attached hydrogens (tertiary/aromatic N) is 2. The van der Waals surface area contributed by atoms with Crippen molar-refractivity contribution in [3.05, 3.63) is 51.2 Å². The monoisotopic (exact) mass is 355 g/mol. The van der Waals surface area contributed by atoms with Gasteiger partial charge in [-0.15, -0.1) is 0 Å². The molecule has 0 bridgehead atoms. The normalized spacial score (nSPS) is 18.1. The topological polar surface area (TPSA) is 67.5 Å². The van der Waals surface area contributed by atoms with Crippen molar-refractivity contribution in [2.45, 2.75) is 39.2 Å². The van der Waals surface area contributed by atoms with Gasteiger partial charge in [-0.05, 0) is 63.0 Å². The lowest BCUT2D eigenvalue weighted by molar-refractivity contribution is 0.170. The van der Waals surface area contributed by atoms with Gasteiger partial charge in [0.1, 0.15) is 19.0 Å². The van der Waals surface area contributed by atoms with Crippen LogP contribution in [0.1, 0.15) is 41.4 Å². The summed E-state index contributed by atoms with van der Waals surface area (Å²) >= 11 is 0. The predicted octanol–water partition coefficient (Wildman–Crippen LogP) is 2.54. The van der Waals surface area contributed by atoms with Crippen LogP contribution in [0.25, 0.3) is 0 Å². The molecule has 1 saturated heterocycles. The zero-order chi connectivity index (χ0) is 18.1. The standard InChI is InChI=1S/C20H25N3O3/c1-13-9-18-19(26-8-7-25-18)10-16(13)12-23-5-3-15(4-6-23)17-11-20(24)22-14(2)21-17/h9-11,15H,3-8,12H2,1-2H3,(H,21,22,24). The average Bonchev–Trinajstić information content (AvgIpc) is 2.62. The van der Waals surface area contributed by atoms with Crippen LogP contribution in [0, 0.1) is 13.8 Å². The van der Waals surface area contributed by atoms with Crippen LogP contribution in [-0.4, -0.2) is 41.2 Å². The molecule has 2 aromatic rings. The van der Waals surface area contributed by atoms with E-state index in [9.17, 15) is 4.79 Å². The Labute approximate surface area is 153 Å². The highest BCUT2D eigenvalue weighted by Crippen LogP contribution is 2.34. The molecule has 138 valence electrons. The first-order valence-corrected chi connectivity index (χ1v) is 9.28. The fourth-order valence-corrected chi connectivity index (χ4v) is 3.84. The van der Waals surface area contributed by atoms with E-state index in [0.717, 1.165) is 49.7 Å². The summed E-state index contributed by atoms with van der Waals surface area (Å²) in [4.78, 5) is 21.4. The Morgan fingerprint density at radius 1 is 1.12 bits per heavy atom. The molecule has 4 rings (SSSR count). The Morgan fingerprint density at radius 3 is 2.50 bits per heavy atom. The minimum Gasteiger partial charge on any atom is -0.486 e. The molecule has 1 fully saturated rings. The first-order chi connectivity index (χ1) is 12.6. The summed E-state index contributed by atoms with van der Waals surface area (Å²) in [5.41, 5.74) is 3.41. The number of rotatable bonds is 3. The number of hydrogen-bond acceptors (Lipinski definition) is 5. The molecule has 0 aliphatic carbocycles. The third kappa shape index (κ3) is 3.60. The van der Waals surface area contributed by atoms with Gasteiger partial charge in [0.15, 0.2) is 11.5 Å². The van der Waals surface area contributed by atoms with Crippen LogP contribution >= 0.6 is 0 Å². The van der Waals surface area contributed by atoms with Gasteiger partial charge in [-0.3, -0.25) is 9.69 Å². The summed E-state index contributed by atoms with van der Waals surface area (Å²) in [6.45, 7) is 8.13. The number of hydrogen-bond donors (Lipinski definition) is 1. The van der Waals surface area contributed by atoms with E-state index in [0.29, 0.717) is 25.0 Å². The van der Waals surface area contributed by atoms with E-state index in [1.54, 1.807) is 6.07 Å². The van der Waals surface area contributed by atoms with Crippen LogP contribution in [0.2, 0.25) is 0 Å². The summed E-state index contributed by atoms with van der Waals surface area (Å²) < 4.78 is 11.4. The van der Waals surface area contributed by atoms with Crippen LogP contribution < -0.4 is 15.0 Å². The quantitative estimate of drug-likeness (QED) is 0.916. The fraction of sp³-hybridized carbons (Fsp3) is 0.500. The van der Waals surface area contributed by atoms with Gasteiger partial charge in [0.05, 0.1) is 5.69 Å². The number of likely N-dealkylation sites (tertiary alicyclic amines) is 1. The van der Waals surface area contributed by atoms with Crippen LogP contribution in [0.15, 0.2) is 23.0 Å². The van der Waals surface area contributed by atoms with Crippen molar-refractivity contribution >= 4 is 0 Å². The van der Waals surface area contributed by atoms with Gasteiger partial charge in [0.2, 0.25) is 0 Å². The number of ether oxygens (including phenoxy) is 2. The highest BCUT2D eigenvalue weighted by atomic mass is 16.6. The minimum absolute atomic E-state index is 0.0539. The molecule has 3 heterocycles. The van der Waals surface area contributed by atoms with Crippen LogP contribution in [-0.2, 0) is 6.54 Å². The maximum absolute atomic E-state index is 11.7. The lowest BCUT2D eigenvalue weighted by atomic mass is 9.92. The molecule has 26 heavy (non-hydrogen) atoms. The number of nitrogens with one attached hydrogen (secondary N) is 1. The Kier molecular flexibility index (Phi) is 4.68. The molecule has 0 saturated carbocycles. The van der Waals surface area contributed by atoms with Crippen molar-refractivity contribution in [3.63, 3.8) is 0 Å². The number of benzene rings is 1. The van der Waals surface area contributed by atoms with E-state index < -0.39 is 0 Å². The van der Waals surface area contributed by atoms with Crippen LogP contribution in [0.4, 0.5) is 0 Å². The Morgan fingerprint density at radius 2 is 1.81 bits per heavy atom. The molecule has 1 aromatic carbocycles. The number of aromatic nitrogens is 2. The molecule has 6 nitrogen and oxygen atoms in total. The Bertz CT molecular complexity index is 854. The van der Waals surface area contributed by atoms with Crippen molar-refractivity contribution < 1.29 is 9.47 Å². The molecule has 6 heteroatoms. The summed E-state index contributed by atoms with van der Waals surface area (Å²) in [5.74, 6) is 2.78. The Balaban J connectivity index is 1.42. The predicted molar refractivity (Wildman–Crippen MR) is 99.0 cm³/mol. The fourth-order valence-electron chi connectivity index (χ4n) is 3.84. The summed E-state index contributed by atoms with van der Waals surface area (Å²) in [6, 6.07) is 5.86. The van der Waals surface area contributed by atoms with Crippen molar-refractivity contribution in [1.82, 2.24) is 14.9 Å². The van der Waals surface area contributed by atoms with Gasteiger partial charge in [-0.2, -0.15) is 0 Å². The van der Waals surface area contributed by atoms with E-state index in [4.69, 9.17) is 9.47 Å². The number of H-pyrrole nitrogens is 1. The lowest BCUT2D eigenvalue weighted by Crippen LogP contribution is -2.33. The highest BCUT2D eigenvalue weighted by molar-refractivity contribution is 5.47. The molecule has 0 amide bonds. The van der Waals surface area contributed by atoms with Gasteiger partial charge in [-0.25, -0.2) is 4.98 Å². The van der Waals surface area contributed by atoms with E-state index >= 15 is 0 Å². The van der Waals surface area contributed by atoms with Gasteiger partial charge in [0, 0.05) is 18.5 Å². The number of aryl methyl sites for hydroxylation is 2. The molecule has 0 spiro atoms. The number of fused-ring (bicyclic) bond motifs is 1. The SMILES string of the molecule is Cc1nc(C2CCN(Cc3cc4c(cc3C)OCCO4)CC2)cc(=O)[nH]1. The molecule has 0 atom stereocenters. The second-order valence-corrected chi connectivity index (χ2v) is 7.23. The largest absolute Gasteiger partial charge is 0.486 e. The molecular formula is C20H25N3O3. The third-order valence-electron chi connectivity index (χ3n) is 5.28. The first kappa shape index (κ1) is 17.1. The second kappa shape index (κ2) is 7.11. The van der Waals surface area contributed by atoms with Crippen molar-refractivity contribution in [1.29, 1.82) is 0 Å². The van der Waals surface area contributed by atoms with E-state index in [1.165, 1.54) is 11.1 Å². The zero-order valence-corrected chi connectivity index (χ0v) is 15.4. The molecule has 1 N–H and O–H groups in total. The summed E-state index contributed by atoms with van der Waals surface area (Å²) in [6.07, 6.45) is 2.05. The van der Waals surface area contributed by atoms with Crippen molar-refractivity contribution in [2.75, 3.05) is 26.3 Å². The molecule has 1 aromatic heterocycles. The van der Waals surface area contributed by atoms with E-state index in [1.807, 2.05) is 6.92 Å². The molecule has 2 aliphatic heterocycles. The van der Waals surface area contributed by atoms with Gasteiger partial charge < -0.3 is 14.5 Å². The van der Waals surface area contributed by atoms with Gasteiger partial charge >= 0.3 is 0 Å². The zero-order valence-electron chi connectivity index (χ0n) is 15.4. The maximum atomic E-state index is 11.7. The highest BCUT2D eigenvalue weighted by Gasteiger charge is 2.23. The number of aromatic amines is 1. The van der Waals surface area contributed by atoms with Gasteiger partial charge in [0.25, 0.3) is 5.56 Å². The second-order valence-electron chi connectivity index (χ2n) is 7.23. The van der Waals surface area contributed by atoms with E-state index in [-0.39, 0.29) is 5.56 Å². The smallest absolute Gasteiger partial charge is 0.251 e. The van der Waals surface area contributed by atoms with Crippen LogP contribution in [0.3, 0.4) is 0 Å². The molecule has 2 aliphatic rings. The summed E-state index contributed by atoms with van der Waals surface area (Å²) in [7, 11) is 0. The number of piperidine rings is 1. The molecule has 0 radical (unpaired) electrons.